The Kier molecular flexibility index (Phi) is 2.74. The maximum absolute atomic E-state index is 12.0. The van der Waals surface area contributed by atoms with Gasteiger partial charge in [0.15, 0.2) is 0 Å². The van der Waals surface area contributed by atoms with E-state index in [9.17, 15) is 14.9 Å². The summed E-state index contributed by atoms with van der Waals surface area (Å²) in [6.07, 6.45) is 0.839. The summed E-state index contributed by atoms with van der Waals surface area (Å²) in [5, 5.41) is 10.8. The second-order valence-corrected chi connectivity index (χ2v) is 5.18. The Bertz CT molecular complexity index is 558. The Labute approximate surface area is 110 Å². The molecule has 0 aromatic heterocycles. The van der Waals surface area contributed by atoms with Gasteiger partial charge < -0.3 is 4.90 Å². The fourth-order valence-corrected chi connectivity index (χ4v) is 2.88. The molecule has 2 aliphatic rings. The number of non-ortho nitro benzene ring substituents is 1. The Hall–Kier alpha value is -1.95. The molecule has 1 atom stereocenters. The average molecular weight is 261 g/mol. The summed E-state index contributed by atoms with van der Waals surface area (Å²) >= 11 is 0. The molecule has 1 saturated heterocycles. The fraction of sp³-hybridized carbons (Fsp3) is 0.462. The second kappa shape index (κ2) is 4.31. The molecule has 2 aliphatic heterocycles. The first-order valence-corrected chi connectivity index (χ1v) is 6.31. The van der Waals surface area contributed by atoms with Crippen LogP contribution in [-0.2, 0) is 17.9 Å². The number of nitrogens with zero attached hydrogens (tertiary/aromatic N) is 3. The Morgan fingerprint density at radius 1 is 1.32 bits per heavy atom. The first-order valence-electron chi connectivity index (χ1n) is 6.31. The zero-order valence-corrected chi connectivity index (χ0v) is 10.7. The Morgan fingerprint density at radius 3 is 2.68 bits per heavy atom. The molecule has 100 valence electrons. The van der Waals surface area contributed by atoms with Crippen LogP contribution in [0.1, 0.15) is 17.5 Å². The van der Waals surface area contributed by atoms with E-state index in [1.165, 1.54) is 6.07 Å². The van der Waals surface area contributed by atoms with Gasteiger partial charge in [-0.15, -0.1) is 0 Å². The largest absolute Gasteiger partial charge is 0.344 e. The molecular formula is C13H15N3O3. The lowest BCUT2D eigenvalue weighted by atomic mass is 10.1. The van der Waals surface area contributed by atoms with E-state index in [0.717, 1.165) is 24.1 Å². The molecule has 0 saturated carbocycles. The number of nitro groups is 1. The topological polar surface area (TPSA) is 66.7 Å². The van der Waals surface area contributed by atoms with Gasteiger partial charge in [0, 0.05) is 38.8 Å². The number of nitro benzene ring substituents is 1. The van der Waals surface area contributed by atoms with E-state index < -0.39 is 0 Å². The van der Waals surface area contributed by atoms with Gasteiger partial charge >= 0.3 is 0 Å². The fourth-order valence-electron chi connectivity index (χ4n) is 2.88. The van der Waals surface area contributed by atoms with E-state index in [-0.39, 0.29) is 22.6 Å². The van der Waals surface area contributed by atoms with Crippen LogP contribution in [0.15, 0.2) is 18.2 Å². The standard InChI is InChI=1S/C13H15N3O3/c1-14-5-4-12(13(14)17)15-7-9-2-3-11(16(18)19)6-10(9)8-15/h2-3,6,12H,4-5,7-8H2,1H3. The van der Waals surface area contributed by atoms with Gasteiger partial charge in [0.05, 0.1) is 11.0 Å². The first kappa shape index (κ1) is 12.1. The summed E-state index contributed by atoms with van der Waals surface area (Å²) in [6.45, 7) is 2.12. The van der Waals surface area contributed by atoms with E-state index >= 15 is 0 Å². The molecule has 1 aromatic carbocycles. The normalized spacial score (nSPS) is 22.9. The highest BCUT2D eigenvalue weighted by Crippen LogP contribution is 2.30. The van der Waals surface area contributed by atoms with Gasteiger partial charge in [0.1, 0.15) is 0 Å². The van der Waals surface area contributed by atoms with Crippen molar-refractivity contribution in [2.24, 2.45) is 0 Å². The Morgan fingerprint density at radius 2 is 2.05 bits per heavy atom. The number of carbonyl (C=O) groups excluding carboxylic acids is 1. The van der Waals surface area contributed by atoms with Crippen LogP contribution in [0.25, 0.3) is 0 Å². The van der Waals surface area contributed by atoms with E-state index in [1.807, 2.05) is 7.05 Å². The number of likely N-dealkylation sites (tertiary alicyclic amines) is 1. The van der Waals surface area contributed by atoms with Crippen molar-refractivity contribution >= 4 is 11.6 Å². The van der Waals surface area contributed by atoms with E-state index in [4.69, 9.17) is 0 Å². The van der Waals surface area contributed by atoms with Gasteiger partial charge in [-0.05, 0) is 17.5 Å². The lowest BCUT2D eigenvalue weighted by Crippen LogP contribution is -2.37. The SMILES string of the molecule is CN1CCC(N2Cc3ccc([N+](=O)[O-])cc3C2)C1=O. The zero-order valence-electron chi connectivity index (χ0n) is 10.7. The minimum Gasteiger partial charge on any atom is -0.344 e. The number of fused-ring (bicyclic) bond motifs is 1. The third kappa shape index (κ3) is 1.98. The summed E-state index contributed by atoms with van der Waals surface area (Å²) in [7, 11) is 1.82. The molecule has 3 rings (SSSR count). The molecule has 0 spiro atoms. The lowest BCUT2D eigenvalue weighted by molar-refractivity contribution is -0.384. The maximum atomic E-state index is 12.0. The highest BCUT2D eigenvalue weighted by Gasteiger charge is 2.36. The van der Waals surface area contributed by atoms with Crippen LogP contribution in [-0.4, -0.2) is 40.3 Å². The van der Waals surface area contributed by atoms with Crippen molar-refractivity contribution in [2.75, 3.05) is 13.6 Å². The summed E-state index contributed by atoms with van der Waals surface area (Å²) in [5.74, 6) is 0.155. The molecule has 0 aliphatic carbocycles. The number of hydrogen-bond donors (Lipinski definition) is 0. The zero-order chi connectivity index (χ0) is 13.6. The van der Waals surface area contributed by atoms with Crippen molar-refractivity contribution in [1.29, 1.82) is 0 Å². The number of amides is 1. The van der Waals surface area contributed by atoms with Gasteiger partial charge in [-0.3, -0.25) is 19.8 Å². The minimum absolute atomic E-state index is 0.0727. The predicted molar refractivity (Wildman–Crippen MR) is 68.4 cm³/mol. The van der Waals surface area contributed by atoms with Crippen molar-refractivity contribution in [3.63, 3.8) is 0 Å². The van der Waals surface area contributed by atoms with Crippen molar-refractivity contribution in [3.8, 4) is 0 Å². The molecule has 6 heteroatoms. The highest BCUT2D eigenvalue weighted by molar-refractivity contribution is 5.83. The van der Waals surface area contributed by atoms with Crippen molar-refractivity contribution in [2.45, 2.75) is 25.6 Å². The van der Waals surface area contributed by atoms with Crippen LogP contribution in [0.4, 0.5) is 5.69 Å². The molecule has 1 amide bonds. The molecule has 0 N–H and O–H groups in total. The van der Waals surface area contributed by atoms with Crippen LogP contribution in [0.5, 0.6) is 0 Å². The van der Waals surface area contributed by atoms with Crippen LogP contribution >= 0.6 is 0 Å². The minimum atomic E-state index is -0.378. The molecule has 2 heterocycles. The summed E-state index contributed by atoms with van der Waals surface area (Å²) in [6, 6.07) is 4.89. The van der Waals surface area contributed by atoms with E-state index in [2.05, 4.69) is 4.90 Å². The molecule has 6 nitrogen and oxygen atoms in total. The molecular weight excluding hydrogens is 246 g/mol. The van der Waals surface area contributed by atoms with Gasteiger partial charge in [-0.2, -0.15) is 0 Å². The summed E-state index contributed by atoms with van der Waals surface area (Å²) < 4.78 is 0. The summed E-state index contributed by atoms with van der Waals surface area (Å²) in [5.41, 5.74) is 2.18. The van der Waals surface area contributed by atoms with Crippen LogP contribution in [0.3, 0.4) is 0 Å². The predicted octanol–water partition coefficient (Wildman–Crippen LogP) is 1.14. The molecule has 1 unspecified atom stereocenters. The summed E-state index contributed by atoms with van der Waals surface area (Å²) in [4.78, 5) is 26.2. The van der Waals surface area contributed by atoms with Gasteiger partial charge in [0.25, 0.3) is 5.69 Å². The quantitative estimate of drug-likeness (QED) is 0.591. The monoisotopic (exact) mass is 261 g/mol. The smallest absolute Gasteiger partial charge is 0.269 e. The van der Waals surface area contributed by atoms with Gasteiger partial charge in [-0.25, -0.2) is 0 Å². The molecule has 1 fully saturated rings. The number of rotatable bonds is 2. The van der Waals surface area contributed by atoms with E-state index in [0.29, 0.717) is 13.1 Å². The second-order valence-electron chi connectivity index (χ2n) is 5.18. The van der Waals surface area contributed by atoms with Gasteiger partial charge in [-0.1, -0.05) is 6.07 Å². The highest BCUT2D eigenvalue weighted by atomic mass is 16.6. The maximum Gasteiger partial charge on any atom is 0.269 e. The third-order valence-electron chi connectivity index (χ3n) is 3.99. The molecule has 1 aromatic rings. The van der Waals surface area contributed by atoms with Crippen molar-refractivity contribution < 1.29 is 9.72 Å². The number of likely N-dealkylation sites (N-methyl/N-ethyl adjacent to an activating group) is 1. The lowest BCUT2D eigenvalue weighted by Gasteiger charge is -2.21. The van der Waals surface area contributed by atoms with Gasteiger partial charge in [0.2, 0.25) is 5.91 Å². The number of carbonyl (C=O) groups is 1. The molecule has 19 heavy (non-hydrogen) atoms. The third-order valence-corrected chi connectivity index (χ3v) is 3.99. The van der Waals surface area contributed by atoms with E-state index in [1.54, 1.807) is 17.0 Å². The van der Waals surface area contributed by atoms with Crippen LogP contribution in [0, 0.1) is 10.1 Å². The number of benzene rings is 1. The first-order chi connectivity index (χ1) is 9.06. The van der Waals surface area contributed by atoms with Crippen LogP contribution in [0.2, 0.25) is 0 Å². The Balaban J connectivity index is 1.81. The molecule has 0 bridgehead atoms. The molecule has 0 radical (unpaired) electrons. The van der Waals surface area contributed by atoms with Crippen molar-refractivity contribution in [1.82, 2.24) is 9.80 Å². The van der Waals surface area contributed by atoms with Crippen LogP contribution < -0.4 is 0 Å². The number of hydrogen-bond acceptors (Lipinski definition) is 4. The average Bonchev–Trinajstić information content (AvgIpc) is 2.93. The van der Waals surface area contributed by atoms with Crippen molar-refractivity contribution in [3.05, 3.63) is 39.4 Å².